The zero-order chi connectivity index (χ0) is 14.0. The van der Waals surface area contributed by atoms with Gasteiger partial charge < -0.3 is 10.6 Å². The van der Waals surface area contributed by atoms with Gasteiger partial charge in [-0.15, -0.1) is 0 Å². The first kappa shape index (κ1) is 14.0. The van der Waals surface area contributed by atoms with Gasteiger partial charge in [0.2, 0.25) is 5.91 Å². The van der Waals surface area contributed by atoms with Crippen LogP contribution in [0.3, 0.4) is 0 Å². The van der Waals surface area contributed by atoms with Crippen molar-refractivity contribution < 1.29 is 9.18 Å². The minimum atomic E-state index is -0.328. The van der Waals surface area contributed by atoms with Crippen LogP contribution in [-0.4, -0.2) is 23.9 Å². The van der Waals surface area contributed by atoms with Crippen LogP contribution in [0.4, 0.5) is 4.39 Å². The standard InChI is InChI=1S/C15H21FN2O/c1-10(2)12-7-15(19)18(8-12)9-14(17)11-4-3-5-13(16)6-11/h3-6,10,12,14H,7-9,17H2,1-2H3. The first-order valence-corrected chi connectivity index (χ1v) is 6.76. The molecule has 104 valence electrons. The Morgan fingerprint density at radius 3 is 2.79 bits per heavy atom. The number of amides is 1. The van der Waals surface area contributed by atoms with Crippen molar-refractivity contribution in [1.82, 2.24) is 4.90 Å². The Hall–Kier alpha value is -1.42. The predicted octanol–water partition coefficient (Wildman–Crippen LogP) is 2.33. The van der Waals surface area contributed by atoms with Gasteiger partial charge in [0.15, 0.2) is 0 Å². The molecule has 0 bridgehead atoms. The molecule has 0 aliphatic carbocycles. The van der Waals surface area contributed by atoms with E-state index in [0.717, 1.165) is 12.1 Å². The maximum Gasteiger partial charge on any atom is 0.222 e. The van der Waals surface area contributed by atoms with Gasteiger partial charge in [0.25, 0.3) is 0 Å². The lowest BCUT2D eigenvalue weighted by Crippen LogP contribution is -2.33. The maximum absolute atomic E-state index is 13.1. The van der Waals surface area contributed by atoms with Crippen LogP contribution in [0.25, 0.3) is 0 Å². The molecule has 19 heavy (non-hydrogen) atoms. The van der Waals surface area contributed by atoms with E-state index in [0.29, 0.717) is 24.8 Å². The van der Waals surface area contributed by atoms with Crippen LogP contribution in [0.2, 0.25) is 0 Å². The summed E-state index contributed by atoms with van der Waals surface area (Å²) < 4.78 is 13.1. The number of hydrogen-bond donors (Lipinski definition) is 1. The quantitative estimate of drug-likeness (QED) is 0.907. The normalized spacial score (nSPS) is 21.2. The van der Waals surface area contributed by atoms with E-state index in [1.807, 2.05) is 0 Å². The van der Waals surface area contributed by atoms with E-state index in [-0.39, 0.29) is 17.8 Å². The summed E-state index contributed by atoms with van der Waals surface area (Å²) in [7, 11) is 0. The molecule has 1 saturated heterocycles. The summed E-state index contributed by atoms with van der Waals surface area (Å²) in [5, 5.41) is 0. The second kappa shape index (κ2) is 5.70. The van der Waals surface area contributed by atoms with Gasteiger partial charge in [-0.25, -0.2) is 4.39 Å². The Kier molecular flexibility index (Phi) is 4.20. The van der Waals surface area contributed by atoms with Crippen LogP contribution in [0.1, 0.15) is 31.9 Å². The van der Waals surface area contributed by atoms with E-state index in [2.05, 4.69) is 13.8 Å². The Morgan fingerprint density at radius 1 is 1.47 bits per heavy atom. The number of nitrogens with two attached hydrogens (primary N) is 1. The first-order chi connectivity index (χ1) is 8.97. The molecular formula is C15H21FN2O. The second-order valence-corrected chi connectivity index (χ2v) is 5.67. The third kappa shape index (κ3) is 3.32. The summed E-state index contributed by atoms with van der Waals surface area (Å²) >= 11 is 0. The summed E-state index contributed by atoms with van der Waals surface area (Å²) in [6.45, 7) is 5.49. The highest BCUT2D eigenvalue weighted by Crippen LogP contribution is 2.26. The zero-order valence-corrected chi connectivity index (χ0v) is 11.5. The van der Waals surface area contributed by atoms with E-state index in [9.17, 15) is 9.18 Å². The lowest BCUT2D eigenvalue weighted by molar-refractivity contribution is -0.128. The van der Waals surface area contributed by atoms with E-state index in [1.165, 1.54) is 12.1 Å². The first-order valence-electron chi connectivity index (χ1n) is 6.76. The molecule has 1 aliphatic rings. The van der Waals surface area contributed by atoms with Crippen LogP contribution < -0.4 is 5.73 Å². The third-order valence-electron chi connectivity index (χ3n) is 3.88. The average molecular weight is 264 g/mol. The summed E-state index contributed by atoms with van der Waals surface area (Å²) in [6, 6.07) is 5.95. The fourth-order valence-corrected chi connectivity index (χ4v) is 2.51. The van der Waals surface area contributed by atoms with Crippen molar-refractivity contribution >= 4 is 5.91 Å². The zero-order valence-electron chi connectivity index (χ0n) is 11.5. The fourth-order valence-electron chi connectivity index (χ4n) is 2.51. The number of benzene rings is 1. The molecular weight excluding hydrogens is 243 g/mol. The van der Waals surface area contributed by atoms with Gasteiger partial charge in [-0.05, 0) is 29.5 Å². The highest BCUT2D eigenvalue weighted by Gasteiger charge is 2.32. The smallest absolute Gasteiger partial charge is 0.222 e. The molecule has 0 saturated carbocycles. The molecule has 1 aromatic rings. The third-order valence-corrected chi connectivity index (χ3v) is 3.88. The lowest BCUT2D eigenvalue weighted by atomic mass is 9.95. The highest BCUT2D eigenvalue weighted by atomic mass is 19.1. The minimum Gasteiger partial charge on any atom is -0.340 e. The molecule has 1 aromatic carbocycles. The Bertz CT molecular complexity index is 461. The molecule has 0 radical (unpaired) electrons. The highest BCUT2D eigenvalue weighted by molar-refractivity contribution is 5.78. The number of halogens is 1. The number of likely N-dealkylation sites (tertiary alicyclic amines) is 1. The van der Waals surface area contributed by atoms with Crippen LogP contribution in [-0.2, 0) is 4.79 Å². The van der Waals surface area contributed by atoms with Gasteiger partial charge in [0, 0.05) is 25.6 Å². The minimum absolute atomic E-state index is 0.158. The van der Waals surface area contributed by atoms with Crippen LogP contribution in [0, 0.1) is 17.7 Å². The molecule has 0 aromatic heterocycles. The number of nitrogens with zero attached hydrogens (tertiary/aromatic N) is 1. The lowest BCUT2D eigenvalue weighted by Gasteiger charge is -2.22. The van der Waals surface area contributed by atoms with E-state index in [4.69, 9.17) is 5.73 Å². The number of carbonyl (C=O) groups excluding carboxylic acids is 1. The monoisotopic (exact) mass is 264 g/mol. The largest absolute Gasteiger partial charge is 0.340 e. The van der Waals surface area contributed by atoms with Gasteiger partial charge in [-0.3, -0.25) is 4.79 Å². The number of carbonyl (C=O) groups is 1. The van der Waals surface area contributed by atoms with Crippen molar-refractivity contribution in [2.75, 3.05) is 13.1 Å². The summed E-state index contributed by atoms with van der Waals surface area (Å²) in [4.78, 5) is 13.7. The molecule has 1 amide bonds. The number of rotatable bonds is 4. The molecule has 2 atom stereocenters. The van der Waals surface area contributed by atoms with Gasteiger partial charge in [-0.1, -0.05) is 26.0 Å². The maximum atomic E-state index is 13.1. The van der Waals surface area contributed by atoms with E-state index in [1.54, 1.807) is 17.0 Å². The van der Waals surface area contributed by atoms with Gasteiger partial charge >= 0.3 is 0 Å². The average Bonchev–Trinajstić information content (AvgIpc) is 2.71. The summed E-state index contributed by atoms with van der Waals surface area (Å²) in [6.07, 6.45) is 0.605. The van der Waals surface area contributed by atoms with Crippen molar-refractivity contribution in [3.63, 3.8) is 0 Å². The van der Waals surface area contributed by atoms with Gasteiger partial charge in [0.1, 0.15) is 5.82 Å². The summed E-state index contributed by atoms with van der Waals surface area (Å²) in [5.41, 5.74) is 6.80. The molecule has 1 aliphatic heterocycles. The van der Waals surface area contributed by atoms with Crippen molar-refractivity contribution in [1.29, 1.82) is 0 Å². The van der Waals surface area contributed by atoms with E-state index < -0.39 is 0 Å². The fraction of sp³-hybridized carbons (Fsp3) is 0.533. The van der Waals surface area contributed by atoms with Crippen LogP contribution in [0.5, 0.6) is 0 Å². The predicted molar refractivity (Wildman–Crippen MR) is 72.9 cm³/mol. The Balaban J connectivity index is 2.00. The molecule has 2 N–H and O–H groups in total. The molecule has 4 heteroatoms. The van der Waals surface area contributed by atoms with Crippen molar-refractivity contribution in [2.24, 2.45) is 17.6 Å². The molecule has 1 fully saturated rings. The topological polar surface area (TPSA) is 46.3 Å². The van der Waals surface area contributed by atoms with Crippen LogP contribution >= 0.6 is 0 Å². The van der Waals surface area contributed by atoms with Crippen molar-refractivity contribution in [3.05, 3.63) is 35.6 Å². The van der Waals surface area contributed by atoms with Crippen molar-refractivity contribution in [2.45, 2.75) is 26.3 Å². The SMILES string of the molecule is CC(C)C1CC(=O)N(CC(N)c2cccc(F)c2)C1. The summed E-state index contributed by atoms with van der Waals surface area (Å²) in [5.74, 6) is 0.776. The molecule has 3 nitrogen and oxygen atoms in total. The van der Waals surface area contributed by atoms with Crippen LogP contribution in [0.15, 0.2) is 24.3 Å². The Labute approximate surface area is 113 Å². The van der Waals surface area contributed by atoms with Crippen molar-refractivity contribution in [3.8, 4) is 0 Å². The number of hydrogen-bond acceptors (Lipinski definition) is 2. The molecule has 2 unspecified atom stereocenters. The molecule has 1 heterocycles. The molecule has 2 rings (SSSR count). The van der Waals surface area contributed by atoms with Gasteiger partial charge in [0.05, 0.1) is 0 Å². The second-order valence-electron chi connectivity index (χ2n) is 5.67. The molecule has 0 spiro atoms. The van der Waals surface area contributed by atoms with E-state index >= 15 is 0 Å². The van der Waals surface area contributed by atoms with Gasteiger partial charge in [-0.2, -0.15) is 0 Å². The Morgan fingerprint density at radius 2 is 2.21 bits per heavy atom.